The molecule has 94 valence electrons. The van der Waals surface area contributed by atoms with Crippen molar-refractivity contribution in [3.05, 3.63) is 35.4 Å². The van der Waals surface area contributed by atoms with Crippen molar-refractivity contribution in [1.29, 1.82) is 0 Å². The molecule has 0 spiro atoms. The topological polar surface area (TPSA) is 17.1 Å². The normalized spacial score (nSPS) is 15.4. The largest absolute Gasteiger partial charge is 0.404 e. The molecular formula is C13H15F3O. The number of rotatable bonds is 4. The molecule has 0 aliphatic rings. The number of benzene rings is 1. The van der Waals surface area contributed by atoms with Crippen molar-refractivity contribution in [1.82, 2.24) is 0 Å². The predicted octanol–water partition coefficient (Wildman–Crippen LogP) is 3.79. The Kier molecular flexibility index (Phi) is 3.96. The maximum atomic E-state index is 13.1. The summed E-state index contributed by atoms with van der Waals surface area (Å²) in [5.41, 5.74) is -1.48. The minimum atomic E-state index is -4.56. The maximum absolute atomic E-state index is 13.1. The lowest BCUT2D eigenvalue weighted by Gasteiger charge is -2.30. The van der Waals surface area contributed by atoms with Gasteiger partial charge in [0.25, 0.3) is 0 Å². The molecule has 0 aromatic heterocycles. The molecule has 1 atom stereocenters. The highest BCUT2D eigenvalue weighted by Crippen LogP contribution is 2.43. The summed E-state index contributed by atoms with van der Waals surface area (Å²) < 4.78 is 39.4. The molecule has 0 bridgehead atoms. The predicted molar refractivity (Wildman–Crippen MR) is 59.9 cm³/mol. The van der Waals surface area contributed by atoms with E-state index in [9.17, 15) is 18.0 Å². The zero-order valence-electron chi connectivity index (χ0n) is 9.84. The Hall–Kier alpha value is -1.32. The smallest absolute Gasteiger partial charge is 0.302 e. The van der Waals surface area contributed by atoms with E-state index < -0.39 is 11.6 Å². The van der Waals surface area contributed by atoms with Gasteiger partial charge in [0.05, 0.1) is 0 Å². The molecule has 0 heterocycles. The van der Waals surface area contributed by atoms with Gasteiger partial charge in [-0.2, -0.15) is 13.2 Å². The van der Waals surface area contributed by atoms with Crippen molar-refractivity contribution in [3.63, 3.8) is 0 Å². The molecule has 0 saturated carbocycles. The van der Waals surface area contributed by atoms with E-state index in [0.29, 0.717) is 6.42 Å². The zero-order valence-corrected chi connectivity index (χ0v) is 9.84. The second kappa shape index (κ2) is 4.90. The van der Waals surface area contributed by atoms with Gasteiger partial charge in [0, 0.05) is 0 Å². The molecule has 1 aromatic carbocycles. The van der Waals surface area contributed by atoms with E-state index in [1.54, 1.807) is 26.0 Å². The third-order valence-corrected chi connectivity index (χ3v) is 2.92. The van der Waals surface area contributed by atoms with Gasteiger partial charge in [-0.3, -0.25) is 0 Å². The van der Waals surface area contributed by atoms with Crippen LogP contribution in [0.3, 0.4) is 0 Å². The number of hydrogen-bond acceptors (Lipinski definition) is 1. The number of hydrogen-bond donors (Lipinski definition) is 0. The molecule has 0 aliphatic heterocycles. The Balaban J connectivity index is 3.31. The Labute approximate surface area is 98.6 Å². The summed E-state index contributed by atoms with van der Waals surface area (Å²) in [5, 5.41) is 0. The van der Waals surface area contributed by atoms with Crippen molar-refractivity contribution in [2.45, 2.75) is 38.3 Å². The highest BCUT2D eigenvalue weighted by Gasteiger charge is 2.55. The van der Waals surface area contributed by atoms with Crippen LogP contribution in [0.1, 0.15) is 30.9 Å². The lowest BCUT2D eigenvalue weighted by atomic mass is 9.77. The van der Waals surface area contributed by atoms with Gasteiger partial charge in [0.1, 0.15) is 11.7 Å². The van der Waals surface area contributed by atoms with E-state index in [1.807, 2.05) is 0 Å². The SMILES string of the molecule is CCCC(C=O)(c1ccc(C)cc1)C(F)(F)F. The van der Waals surface area contributed by atoms with Crippen LogP contribution in [0.5, 0.6) is 0 Å². The molecular weight excluding hydrogens is 229 g/mol. The molecule has 0 N–H and O–H groups in total. The monoisotopic (exact) mass is 244 g/mol. The molecule has 1 unspecified atom stereocenters. The molecule has 0 radical (unpaired) electrons. The number of carbonyl (C=O) groups is 1. The highest BCUT2D eigenvalue weighted by molar-refractivity contribution is 5.70. The van der Waals surface area contributed by atoms with E-state index in [1.165, 1.54) is 12.1 Å². The fourth-order valence-corrected chi connectivity index (χ4v) is 1.89. The molecule has 1 nitrogen and oxygen atoms in total. The van der Waals surface area contributed by atoms with Crippen LogP contribution in [0.15, 0.2) is 24.3 Å². The highest BCUT2D eigenvalue weighted by atomic mass is 19.4. The van der Waals surface area contributed by atoms with Crippen LogP contribution in [0, 0.1) is 6.92 Å². The molecule has 0 fully saturated rings. The fraction of sp³-hybridized carbons (Fsp3) is 0.462. The van der Waals surface area contributed by atoms with Gasteiger partial charge in [0.2, 0.25) is 0 Å². The molecule has 1 aromatic rings. The van der Waals surface area contributed by atoms with Gasteiger partial charge >= 0.3 is 6.18 Å². The fourth-order valence-electron chi connectivity index (χ4n) is 1.89. The van der Waals surface area contributed by atoms with Crippen molar-refractivity contribution >= 4 is 6.29 Å². The second-order valence-electron chi connectivity index (χ2n) is 4.20. The molecule has 0 aliphatic carbocycles. The van der Waals surface area contributed by atoms with Crippen LogP contribution in [-0.2, 0) is 10.2 Å². The standard InChI is InChI=1S/C13H15F3O/c1-3-8-12(9-17,13(14,15)16)11-6-4-10(2)5-7-11/h4-7,9H,3,8H2,1-2H3. The average molecular weight is 244 g/mol. The lowest BCUT2D eigenvalue weighted by molar-refractivity contribution is -0.189. The van der Waals surface area contributed by atoms with E-state index in [0.717, 1.165) is 5.56 Å². The van der Waals surface area contributed by atoms with Crippen molar-refractivity contribution in [2.75, 3.05) is 0 Å². The number of alkyl halides is 3. The molecule has 0 amide bonds. The number of aryl methyl sites for hydroxylation is 1. The summed E-state index contributed by atoms with van der Waals surface area (Å²) in [7, 11) is 0. The lowest BCUT2D eigenvalue weighted by Crippen LogP contribution is -2.43. The maximum Gasteiger partial charge on any atom is 0.404 e. The first-order valence-electron chi connectivity index (χ1n) is 5.47. The van der Waals surface area contributed by atoms with E-state index in [2.05, 4.69) is 0 Å². The van der Waals surface area contributed by atoms with Gasteiger partial charge in [-0.1, -0.05) is 43.2 Å². The summed E-state index contributed by atoms with van der Waals surface area (Å²) in [6.45, 7) is 3.43. The first kappa shape index (κ1) is 13.7. The van der Waals surface area contributed by atoms with E-state index in [4.69, 9.17) is 0 Å². The van der Waals surface area contributed by atoms with Gasteiger partial charge in [-0.25, -0.2) is 0 Å². The van der Waals surface area contributed by atoms with Crippen molar-refractivity contribution in [3.8, 4) is 0 Å². The van der Waals surface area contributed by atoms with Crippen molar-refractivity contribution in [2.24, 2.45) is 0 Å². The summed E-state index contributed by atoms with van der Waals surface area (Å²) in [4.78, 5) is 11.0. The van der Waals surface area contributed by atoms with Gasteiger partial charge in [-0.15, -0.1) is 0 Å². The number of aldehydes is 1. The number of halogens is 3. The van der Waals surface area contributed by atoms with Gasteiger partial charge < -0.3 is 4.79 Å². The van der Waals surface area contributed by atoms with Crippen LogP contribution in [0.2, 0.25) is 0 Å². The molecule has 17 heavy (non-hydrogen) atoms. The summed E-state index contributed by atoms with van der Waals surface area (Å²) >= 11 is 0. The van der Waals surface area contributed by atoms with Crippen LogP contribution in [0.25, 0.3) is 0 Å². The Morgan fingerprint density at radius 2 is 1.71 bits per heavy atom. The summed E-state index contributed by atoms with van der Waals surface area (Å²) in [5.74, 6) is 0. The van der Waals surface area contributed by atoms with Crippen molar-refractivity contribution < 1.29 is 18.0 Å². The Morgan fingerprint density at radius 3 is 2.06 bits per heavy atom. The quantitative estimate of drug-likeness (QED) is 0.736. The zero-order chi connectivity index (χ0) is 13.1. The van der Waals surface area contributed by atoms with Crippen LogP contribution >= 0.6 is 0 Å². The number of carbonyl (C=O) groups excluding carboxylic acids is 1. The first-order valence-corrected chi connectivity index (χ1v) is 5.47. The third-order valence-electron chi connectivity index (χ3n) is 2.92. The van der Waals surface area contributed by atoms with E-state index in [-0.39, 0.29) is 18.3 Å². The minimum Gasteiger partial charge on any atom is -0.302 e. The average Bonchev–Trinajstić information content (AvgIpc) is 2.25. The first-order chi connectivity index (χ1) is 7.87. The summed E-state index contributed by atoms with van der Waals surface area (Å²) in [6.07, 6.45) is -4.45. The minimum absolute atomic E-state index is 0.0208. The van der Waals surface area contributed by atoms with Gasteiger partial charge in [0.15, 0.2) is 0 Å². The third kappa shape index (κ3) is 2.51. The summed E-state index contributed by atoms with van der Waals surface area (Å²) in [6, 6.07) is 5.95. The van der Waals surface area contributed by atoms with E-state index >= 15 is 0 Å². The van der Waals surface area contributed by atoms with Gasteiger partial charge in [-0.05, 0) is 18.9 Å². The molecule has 4 heteroatoms. The Bertz CT molecular complexity index is 381. The molecule has 1 rings (SSSR count). The Morgan fingerprint density at radius 1 is 1.18 bits per heavy atom. The van der Waals surface area contributed by atoms with Crippen LogP contribution in [0.4, 0.5) is 13.2 Å². The van der Waals surface area contributed by atoms with Crippen LogP contribution in [-0.4, -0.2) is 12.5 Å². The second-order valence-corrected chi connectivity index (χ2v) is 4.20. The molecule has 0 saturated heterocycles. The van der Waals surface area contributed by atoms with Crippen LogP contribution < -0.4 is 0 Å².